The molecule has 1 unspecified atom stereocenters. The van der Waals surface area contributed by atoms with Gasteiger partial charge in [0.05, 0.1) is 15.6 Å². The van der Waals surface area contributed by atoms with Crippen LogP contribution >= 0.6 is 11.3 Å². The molecule has 0 amide bonds. The second-order valence-corrected chi connectivity index (χ2v) is 6.39. The normalized spacial score (nSPS) is 22.6. The maximum Gasteiger partial charge on any atom is 0.234 e. The maximum atomic E-state index is 5.47. The molecule has 4 rings (SSSR count). The third-order valence-corrected chi connectivity index (χ3v) is 4.73. The zero-order valence-electron chi connectivity index (χ0n) is 11.1. The molecule has 0 spiro atoms. The first-order valence-electron chi connectivity index (χ1n) is 6.63. The van der Waals surface area contributed by atoms with E-state index in [9.17, 15) is 0 Å². The standard InChI is InChI=1S/C14H14N4OS/c1-14(3-4-15-8-14)13-17-12(18-19-13)9-6-11-10(16-7-9)2-5-20-11/h2,5-7,15H,3-4,8H2,1H3. The number of aromatic nitrogens is 3. The molecule has 1 atom stereocenters. The van der Waals surface area contributed by atoms with Crippen LogP contribution in [0.2, 0.25) is 0 Å². The summed E-state index contributed by atoms with van der Waals surface area (Å²) in [5, 5.41) is 9.50. The average Bonchev–Trinajstić information content (AvgIpc) is 3.18. The molecule has 1 aliphatic rings. The molecule has 0 aliphatic carbocycles. The van der Waals surface area contributed by atoms with Crippen molar-refractivity contribution < 1.29 is 4.52 Å². The predicted octanol–water partition coefficient (Wildman–Crippen LogP) is 2.60. The lowest BCUT2D eigenvalue weighted by atomic mass is 9.90. The summed E-state index contributed by atoms with van der Waals surface area (Å²) in [6.07, 6.45) is 2.83. The van der Waals surface area contributed by atoms with Crippen molar-refractivity contribution in [3.8, 4) is 11.4 Å². The number of rotatable bonds is 2. The molecule has 0 saturated carbocycles. The number of thiophene rings is 1. The highest BCUT2D eigenvalue weighted by Gasteiger charge is 2.36. The molecule has 1 fully saturated rings. The van der Waals surface area contributed by atoms with Crippen molar-refractivity contribution in [1.29, 1.82) is 0 Å². The van der Waals surface area contributed by atoms with Crippen LogP contribution in [0.5, 0.6) is 0 Å². The summed E-state index contributed by atoms with van der Waals surface area (Å²) in [6, 6.07) is 4.08. The van der Waals surface area contributed by atoms with Crippen LogP contribution < -0.4 is 5.32 Å². The van der Waals surface area contributed by atoms with Gasteiger partial charge >= 0.3 is 0 Å². The number of pyridine rings is 1. The Morgan fingerprint density at radius 2 is 2.40 bits per heavy atom. The smallest absolute Gasteiger partial charge is 0.234 e. The van der Waals surface area contributed by atoms with Crippen molar-refractivity contribution in [2.24, 2.45) is 0 Å². The summed E-state index contributed by atoms with van der Waals surface area (Å²) in [7, 11) is 0. The van der Waals surface area contributed by atoms with E-state index in [4.69, 9.17) is 4.52 Å². The Morgan fingerprint density at radius 3 is 3.25 bits per heavy atom. The van der Waals surface area contributed by atoms with Gasteiger partial charge in [-0.1, -0.05) is 5.16 Å². The molecule has 3 aromatic rings. The molecule has 1 saturated heterocycles. The summed E-state index contributed by atoms with van der Waals surface area (Å²) in [6.45, 7) is 4.04. The van der Waals surface area contributed by atoms with E-state index in [-0.39, 0.29) is 5.41 Å². The fraction of sp³-hybridized carbons (Fsp3) is 0.357. The first-order chi connectivity index (χ1) is 9.74. The van der Waals surface area contributed by atoms with Crippen molar-refractivity contribution >= 4 is 21.6 Å². The number of nitrogens with zero attached hydrogens (tertiary/aromatic N) is 3. The van der Waals surface area contributed by atoms with E-state index in [1.807, 2.05) is 11.4 Å². The van der Waals surface area contributed by atoms with Gasteiger partial charge in [0.2, 0.25) is 11.7 Å². The highest BCUT2D eigenvalue weighted by Crippen LogP contribution is 2.31. The van der Waals surface area contributed by atoms with Gasteiger partial charge in [0.25, 0.3) is 0 Å². The molecule has 0 radical (unpaired) electrons. The monoisotopic (exact) mass is 286 g/mol. The molecule has 0 bridgehead atoms. The van der Waals surface area contributed by atoms with Crippen LogP contribution in [-0.4, -0.2) is 28.2 Å². The molecule has 102 valence electrons. The van der Waals surface area contributed by atoms with Crippen molar-refractivity contribution in [3.05, 3.63) is 29.6 Å². The van der Waals surface area contributed by atoms with E-state index in [0.29, 0.717) is 11.7 Å². The molecule has 20 heavy (non-hydrogen) atoms. The summed E-state index contributed by atoms with van der Waals surface area (Å²) < 4.78 is 6.62. The minimum atomic E-state index is -0.0499. The van der Waals surface area contributed by atoms with Gasteiger partial charge in [-0.15, -0.1) is 11.3 Å². The van der Waals surface area contributed by atoms with Gasteiger partial charge in [0.1, 0.15) is 0 Å². The minimum Gasteiger partial charge on any atom is -0.338 e. The second-order valence-electron chi connectivity index (χ2n) is 5.44. The number of hydrogen-bond donors (Lipinski definition) is 1. The Labute approximate surface area is 120 Å². The zero-order valence-corrected chi connectivity index (χ0v) is 11.9. The SMILES string of the molecule is CC1(c2nc(-c3cnc4ccsc4c3)no2)CCNC1. The Morgan fingerprint density at radius 1 is 1.45 bits per heavy atom. The Hall–Kier alpha value is -1.79. The Balaban J connectivity index is 1.73. The highest BCUT2D eigenvalue weighted by molar-refractivity contribution is 7.17. The van der Waals surface area contributed by atoms with Crippen LogP contribution in [0.15, 0.2) is 28.2 Å². The molecule has 5 nitrogen and oxygen atoms in total. The van der Waals surface area contributed by atoms with Gasteiger partial charge < -0.3 is 9.84 Å². The van der Waals surface area contributed by atoms with Crippen LogP contribution in [-0.2, 0) is 5.41 Å². The van der Waals surface area contributed by atoms with Crippen molar-refractivity contribution in [3.63, 3.8) is 0 Å². The van der Waals surface area contributed by atoms with E-state index in [1.165, 1.54) is 0 Å². The van der Waals surface area contributed by atoms with Gasteiger partial charge in [0.15, 0.2) is 0 Å². The van der Waals surface area contributed by atoms with Crippen LogP contribution in [0.3, 0.4) is 0 Å². The minimum absolute atomic E-state index is 0.0499. The summed E-state index contributed by atoms with van der Waals surface area (Å²) in [5.41, 5.74) is 1.87. The zero-order chi connectivity index (χ0) is 13.6. The molecular weight excluding hydrogens is 272 g/mol. The van der Waals surface area contributed by atoms with Crippen LogP contribution in [0.4, 0.5) is 0 Å². The highest BCUT2D eigenvalue weighted by atomic mass is 32.1. The topological polar surface area (TPSA) is 63.8 Å². The largest absolute Gasteiger partial charge is 0.338 e. The van der Waals surface area contributed by atoms with Crippen molar-refractivity contribution in [1.82, 2.24) is 20.4 Å². The van der Waals surface area contributed by atoms with Crippen LogP contribution in [0.25, 0.3) is 21.6 Å². The summed E-state index contributed by atoms with van der Waals surface area (Å²) >= 11 is 1.67. The van der Waals surface area contributed by atoms with Gasteiger partial charge in [-0.25, -0.2) is 0 Å². The molecule has 1 N–H and O–H groups in total. The molecule has 0 aromatic carbocycles. The van der Waals surface area contributed by atoms with E-state index in [0.717, 1.165) is 35.3 Å². The van der Waals surface area contributed by atoms with E-state index in [2.05, 4.69) is 33.4 Å². The second kappa shape index (κ2) is 4.36. The molecule has 4 heterocycles. The predicted molar refractivity (Wildman–Crippen MR) is 77.8 cm³/mol. The maximum absolute atomic E-state index is 5.47. The third kappa shape index (κ3) is 1.83. The van der Waals surface area contributed by atoms with E-state index >= 15 is 0 Å². The molecule has 6 heteroatoms. The van der Waals surface area contributed by atoms with Crippen molar-refractivity contribution in [2.75, 3.05) is 13.1 Å². The molecular formula is C14H14N4OS. The summed E-state index contributed by atoms with van der Waals surface area (Å²) in [5.74, 6) is 1.33. The Bertz CT molecular complexity index is 757. The third-order valence-electron chi connectivity index (χ3n) is 3.87. The van der Waals surface area contributed by atoms with Gasteiger partial charge in [-0.2, -0.15) is 4.98 Å². The van der Waals surface area contributed by atoms with E-state index < -0.39 is 0 Å². The fourth-order valence-electron chi connectivity index (χ4n) is 2.55. The first-order valence-corrected chi connectivity index (χ1v) is 7.51. The lowest BCUT2D eigenvalue weighted by Gasteiger charge is -2.15. The van der Waals surface area contributed by atoms with Crippen LogP contribution in [0, 0.1) is 0 Å². The Kier molecular flexibility index (Phi) is 2.61. The van der Waals surface area contributed by atoms with Crippen molar-refractivity contribution in [2.45, 2.75) is 18.8 Å². The van der Waals surface area contributed by atoms with Gasteiger partial charge in [-0.05, 0) is 37.4 Å². The first kappa shape index (κ1) is 12.0. The molecule has 1 aliphatic heterocycles. The quantitative estimate of drug-likeness (QED) is 0.784. The molecule has 3 aromatic heterocycles. The fourth-order valence-corrected chi connectivity index (χ4v) is 3.33. The van der Waals surface area contributed by atoms with Crippen LogP contribution in [0.1, 0.15) is 19.2 Å². The van der Waals surface area contributed by atoms with E-state index in [1.54, 1.807) is 17.5 Å². The number of nitrogens with one attached hydrogen (secondary N) is 1. The summed E-state index contributed by atoms with van der Waals surface area (Å²) in [4.78, 5) is 8.99. The number of fused-ring (bicyclic) bond motifs is 1. The lowest BCUT2D eigenvalue weighted by Crippen LogP contribution is -2.25. The average molecular weight is 286 g/mol. The lowest BCUT2D eigenvalue weighted by molar-refractivity contribution is 0.306. The number of hydrogen-bond acceptors (Lipinski definition) is 6. The van der Waals surface area contributed by atoms with Gasteiger partial charge in [0, 0.05) is 18.3 Å². The van der Waals surface area contributed by atoms with Gasteiger partial charge in [-0.3, -0.25) is 4.98 Å².